The first-order chi connectivity index (χ1) is 11.1. The summed E-state index contributed by atoms with van der Waals surface area (Å²) in [6.07, 6.45) is 1.42. The molecule has 7 heteroatoms. The molecule has 7 nitrogen and oxygen atoms in total. The van der Waals surface area contributed by atoms with E-state index in [0.717, 1.165) is 6.42 Å². The van der Waals surface area contributed by atoms with Gasteiger partial charge in [0.25, 0.3) is 11.8 Å². The van der Waals surface area contributed by atoms with Crippen molar-refractivity contribution >= 4 is 23.5 Å². The predicted octanol–water partition coefficient (Wildman–Crippen LogP) is 1.85. The van der Waals surface area contributed by atoms with Crippen LogP contribution in [0.2, 0.25) is 0 Å². The highest BCUT2D eigenvalue weighted by atomic mass is 16.5. The van der Waals surface area contributed by atoms with Crippen LogP contribution in [0.1, 0.15) is 40.5 Å². The Morgan fingerprint density at radius 2 is 1.96 bits per heavy atom. The second-order valence-electron chi connectivity index (χ2n) is 5.25. The molecule has 0 bridgehead atoms. The molecular formula is C16H21N3O4. The molecular weight excluding hydrogens is 298 g/mol. The number of hydrogen-bond donors (Lipinski definition) is 2. The SMILES string of the molecule is CCCNC(=O)Nc1ccc2c(c1)C(=O)N(CCCOC)C2=O. The number of methoxy groups -OCH3 is 1. The molecule has 2 N–H and O–H groups in total. The Hall–Kier alpha value is -2.41. The lowest BCUT2D eigenvalue weighted by atomic mass is 10.1. The number of benzene rings is 1. The number of rotatable bonds is 7. The van der Waals surface area contributed by atoms with Crippen LogP contribution in [0.4, 0.5) is 10.5 Å². The summed E-state index contributed by atoms with van der Waals surface area (Å²) in [6, 6.07) is 4.40. The molecule has 124 valence electrons. The summed E-state index contributed by atoms with van der Waals surface area (Å²) in [7, 11) is 1.57. The summed E-state index contributed by atoms with van der Waals surface area (Å²) >= 11 is 0. The Morgan fingerprint density at radius 1 is 1.22 bits per heavy atom. The van der Waals surface area contributed by atoms with Crippen molar-refractivity contribution in [3.63, 3.8) is 0 Å². The Morgan fingerprint density at radius 3 is 2.65 bits per heavy atom. The molecule has 0 unspecified atom stereocenters. The van der Waals surface area contributed by atoms with Crippen molar-refractivity contribution in [1.82, 2.24) is 10.2 Å². The summed E-state index contributed by atoms with van der Waals surface area (Å²) in [5.74, 6) is -0.637. The van der Waals surface area contributed by atoms with E-state index in [4.69, 9.17) is 4.74 Å². The van der Waals surface area contributed by atoms with E-state index in [0.29, 0.717) is 42.9 Å². The normalized spacial score (nSPS) is 13.2. The van der Waals surface area contributed by atoms with Crippen molar-refractivity contribution in [2.45, 2.75) is 19.8 Å². The first-order valence-corrected chi connectivity index (χ1v) is 7.62. The highest BCUT2D eigenvalue weighted by molar-refractivity contribution is 6.21. The number of anilines is 1. The van der Waals surface area contributed by atoms with Gasteiger partial charge in [0.15, 0.2) is 0 Å². The molecule has 0 aliphatic carbocycles. The number of hydrogen-bond acceptors (Lipinski definition) is 4. The molecule has 2 rings (SSSR count). The second kappa shape index (κ2) is 7.73. The minimum atomic E-state index is -0.335. The zero-order valence-corrected chi connectivity index (χ0v) is 13.3. The van der Waals surface area contributed by atoms with Gasteiger partial charge < -0.3 is 15.4 Å². The van der Waals surface area contributed by atoms with E-state index < -0.39 is 0 Å². The zero-order chi connectivity index (χ0) is 16.8. The van der Waals surface area contributed by atoms with E-state index in [-0.39, 0.29) is 17.8 Å². The number of imide groups is 1. The number of nitrogens with one attached hydrogen (secondary N) is 2. The summed E-state index contributed by atoms with van der Waals surface area (Å²) in [5.41, 5.74) is 1.17. The highest BCUT2D eigenvalue weighted by Crippen LogP contribution is 2.26. The Kier molecular flexibility index (Phi) is 5.70. The van der Waals surface area contributed by atoms with Crippen LogP contribution in [0, 0.1) is 0 Å². The largest absolute Gasteiger partial charge is 0.385 e. The van der Waals surface area contributed by atoms with E-state index in [1.54, 1.807) is 19.2 Å². The number of nitrogens with zero attached hydrogens (tertiary/aromatic N) is 1. The van der Waals surface area contributed by atoms with Gasteiger partial charge in [-0.3, -0.25) is 14.5 Å². The second-order valence-corrected chi connectivity index (χ2v) is 5.25. The third-order valence-corrected chi connectivity index (χ3v) is 3.49. The zero-order valence-electron chi connectivity index (χ0n) is 13.3. The van der Waals surface area contributed by atoms with E-state index >= 15 is 0 Å². The van der Waals surface area contributed by atoms with Crippen LogP contribution in [-0.4, -0.2) is 49.6 Å². The molecule has 0 fully saturated rings. The number of fused-ring (bicyclic) bond motifs is 1. The number of urea groups is 1. The molecule has 1 heterocycles. The highest BCUT2D eigenvalue weighted by Gasteiger charge is 2.35. The van der Waals surface area contributed by atoms with Gasteiger partial charge in [-0.05, 0) is 31.0 Å². The summed E-state index contributed by atoms with van der Waals surface area (Å²) in [4.78, 5) is 37.5. The van der Waals surface area contributed by atoms with Gasteiger partial charge in [0.1, 0.15) is 0 Å². The van der Waals surface area contributed by atoms with Gasteiger partial charge in [-0.2, -0.15) is 0 Å². The van der Waals surface area contributed by atoms with Crippen LogP contribution >= 0.6 is 0 Å². The van der Waals surface area contributed by atoms with Gasteiger partial charge in [-0.25, -0.2) is 4.79 Å². The van der Waals surface area contributed by atoms with Crippen LogP contribution in [0.25, 0.3) is 0 Å². The third-order valence-electron chi connectivity index (χ3n) is 3.49. The number of ether oxygens (including phenoxy) is 1. The van der Waals surface area contributed by atoms with Crippen molar-refractivity contribution in [2.75, 3.05) is 32.1 Å². The number of carbonyl (C=O) groups excluding carboxylic acids is 3. The van der Waals surface area contributed by atoms with E-state index in [1.165, 1.54) is 11.0 Å². The molecule has 0 aromatic heterocycles. The summed E-state index contributed by atoms with van der Waals surface area (Å²) in [5, 5.41) is 5.34. The topological polar surface area (TPSA) is 87.7 Å². The van der Waals surface area contributed by atoms with E-state index in [1.807, 2.05) is 6.92 Å². The molecule has 23 heavy (non-hydrogen) atoms. The van der Waals surface area contributed by atoms with Crippen LogP contribution in [0.15, 0.2) is 18.2 Å². The monoisotopic (exact) mass is 319 g/mol. The minimum absolute atomic E-state index is 0.303. The van der Waals surface area contributed by atoms with Gasteiger partial charge in [-0.15, -0.1) is 0 Å². The van der Waals surface area contributed by atoms with E-state index in [2.05, 4.69) is 10.6 Å². The van der Waals surface area contributed by atoms with Gasteiger partial charge in [0, 0.05) is 32.5 Å². The Balaban J connectivity index is 2.08. The van der Waals surface area contributed by atoms with Crippen molar-refractivity contribution < 1.29 is 19.1 Å². The standard InChI is InChI=1S/C16H21N3O4/c1-3-7-17-16(22)18-11-5-6-12-13(10-11)15(21)19(14(12)20)8-4-9-23-2/h5-6,10H,3-4,7-9H2,1-2H3,(H2,17,18,22). The van der Waals surface area contributed by atoms with Gasteiger partial charge >= 0.3 is 6.03 Å². The lowest BCUT2D eigenvalue weighted by Crippen LogP contribution is -2.31. The first kappa shape index (κ1) is 17.0. The fourth-order valence-electron chi connectivity index (χ4n) is 2.35. The quantitative estimate of drug-likeness (QED) is 0.593. The van der Waals surface area contributed by atoms with Gasteiger partial charge in [0.2, 0.25) is 0 Å². The minimum Gasteiger partial charge on any atom is -0.385 e. The lowest BCUT2D eigenvalue weighted by Gasteiger charge is -2.12. The molecule has 1 aromatic rings. The average molecular weight is 319 g/mol. The smallest absolute Gasteiger partial charge is 0.319 e. The average Bonchev–Trinajstić information content (AvgIpc) is 2.77. The van der Waals surface area contributed by atoms with Gasteiger partial charge in [-0.1, -0.05) is 6.92 Å². The molecule has 1 aliphatic heterocycles. The fourth-order valence-corrected chi connectivity index (χ4v) is 2.35. The van der Waals surface area contributed by atoms with Gasteiger partial charge in [0.05, 0.1) is 11.1 Å². The molecule has 0 radical (unpaired) electrons. The molecule has 1 aliphatic rings. The molecule has 0 saturated heterocycles. The summed E-state index contributed by atoms with van der Waals surface area (Å²) in [6.45, 7) is 3.33. The van der Waals surface area contributed by atoms with Crippen molar-refractivity contribution in [1.29, 1.82) is 0 Å². The maximum absolute atomic E-state index is 12.3. The van der Waals surface area contributed by atoms with Crippen molar-refractivity contribution in [3.05, 3.63) is 29.3 Å². The maximum Gasteiger partial charge on any atom is 0.319 e. The molecule has 0 atom stereocenters. The molecule has 0 spiro atoms. The fraction of sp³-hybridized carbons (Fsp3) is 0.438. The Labute approximate surface area is 135 Å². The first-order valence-electron chi connectivity index (χ1n) is 7.62. The van der Waals surface area contributed by atoms with Crippen LogP contribution in [0.3, 0.4) is 0 Å². The molecule has 1 aromatic carbocycles. The maximum atomic E-state index is 12.3. The summed E-state index contributed by atoms with van der Waals surface area (Å²) < 4.78 is 4.94. The number of carbonyl (C=O) groups is 3. The van der Waals surface area contributed by atoms with E-state index in [9.17, 15) is 14.4 Å². The van der Waals surface area contributed by atoms with Crippen LogP contribution in [-0.2, 0) is 4.74 Å². The molecule has 0 saturated carbocycles. The van der Waals surface area contributed by atoms with Crippen molar-refractivity contribution in [2.24, 2.45) is 0 Å². The third kappa shape index (κ3) is 3.87. The predicted molar refractivity (Wildman–Crippen MR) is 85.6 cm³/mol. The van der Waals surface area contributed by atoms with Crippen LogP contribution in [0.5, 0.6) is 0 Å². The lowest BCUT2D eigenvalue weighted by molar-refractivity contribution is 0.0638. The number of amides is 4. The van der Waals surface area contributed by atoms with Crippen molar-refractivity contribution in [3.8, 4) is 0 Å². The van der Waals surface area contributed by atoms with Crippen LogP contribution < -0.4 is 10.6 Å². The Bertz CT molecular complexity index is 615. The molecule has 4 amide bonds.